The molecule has 6 heteroatoms. The maximum Gasteiger partial charge on any atom is 0.251 e. The highest BCUT2D eigenvalue weighted by Gasteiger charge is 2.15. The molecule has 128 valence electrons. The quantitative estimate of drug-likeness (QED) is 0.645. The fraction of sp³-hybridized carbons (Fsp3) is 0.211. The van der Waals surface area contributed by atoms with E-state index in [1.54, 1.807) is 18.2 Å². The van der Waals surface area contributed by atoms with Crippen molar-refractivity contribution < 1.29 is 9.90 Å². The Balaban J connectivity index is 1.63. The second-order valence-electron chi connectivity index (χ2n) is 5.95. The molecule has 2 aromatic carbocycles. The zero-order valence-electron chi connectivity index (χ0n) is 13.9. The fourth-order valence-electron chi connectivity index (χ4n) is 2.66. The number of aliphatic hydroxyl groups excluding tert-OH is 1. The number of carbonyl (C=O) groups is 1. The number of nitrogens with zero attached hydrogens (tertiary/aromatic N) is 2. The van der Waals surface area contributed by atoms with Gasteiger partial charge in [-0.1, -0.05) is 42.5 Å². The molecule has 2 atom stereocenters. The van der Waals surface area contributed by atoms with Crippen LogP contribution in [0.3, 0.4) is 0 Å². The summed E-state index contributed by atoms with van der Waals surface area (Å²) in [7, 11) is 0. The molecule has 0 bridgehead atoms. The van der Waals surface area contributed by atoms with Crippen molar-refractivity contribution in [2.24, 2.45) is 0 Å². The van der Waals surface area contributed by atoms with Gasteiger partial charge in [0, 0.05) is 17.2 Å². The number of hydrogen-bond acceptors (Lipinski definition) is 4. The van der Waals surface area contributed by atoms with E-state index >= 15 is 0 Å². The van der Waals surface area contributed by atoms with Gasteiger partial charge in [0.15, 0.2) is 5.82 Å². The zero-order valence-corrected chi connectivity index (χ0v) is 13.9. The van der Waals surface area contributed by atoms with Crippen LogP contribution in [0.15, 0.2) is 60.9 Å². The van der Waals surface area contributed by atoms with E-state index in [1.807, 2.05) is 43.3 Å². The first-order chi connectivity index (χ1) is 12.1. The highest BCUT2D eigenvalue weighted by Crippen LogP contribution is 2.19. The topological polar surface area (TPSA) is 90.9 Å². The molecule has 0 aliphatic rings. The Morgan fingerprint density at radius 2 is 2.00 bits per heavy atom. The molecule has 0 aliphatic carbocycles. The van der Waals surface area contributed by atoms with Crippen LogP contribution in [0.5, 0.6) is 0 Å². The van der Waals surface area contributed by atoms with Gasteiger partial charge in [0.05, 0.1) is 6.10 Å². The van der Waals surface area contributed by atoms with Crippen LogP contribution in [-0.4, -0.2) is 32.2 Å². The number of aromatic amines is 1. The Morgan fingerprint density at radius 3 is 2.72 bits per heavy atom. The normalized spacial score (nSPS) is 13.2. The summed E-state index contributed by atoms with van der Waals surface area (Å²) < 4.78 is 0. The van der Waals surface area contributed by atoms with E-state index in [2.05, 4.69) is 20.5 Å². The van der Waals surface area contributed by atoms with Crippen LogP contribution in [0.2, 0.25) is 0 Å². The van der Waals surface area contributed by atoms with Crippen LogP contribution >= 0.6 is 0 Å². The summed E-state index contributed by atoms with van der Waals surface area (Å²) in [5, 5.41) is 19.8. The third kappa shape index (κ3) is 4.30. The van der Waals surface area contributed by atoms with Crippen LogP contribution in [0.4, 0.5) is 0 Å². The Kier molecular flexibility index (Phi) is 5.20. The molecule has 3 rings (SSSR count). The van der Waals surface area contributed by atoms with Gasteiger partial charge in [-0.25, -0.2) is 4.98 Å². The van der Waals surface area contributed by atoms with E-state index < -0.39 is 6.10 Å². The SMILES string of the molecule is CC(CC(O)c1ccccc1)NC(=O)c1cccc(-c2ncn[nH]2)c1. The molecule has 3 aromatic rings. The van der Waals surface area contributed by atoms with Crippen molar-refractivity contribution in [2.45, 2.75) is 25.5 Å². The maximum absolute atomic E-state index is 12.5. The van der Waals surface area contributed by atoms with E-state index in [4.69, 9.17) is 0 Å². The average molecular weight is 336 g/mol. The van der Waals surface area contributed by atoms with Crippen molar-refractivity contribution in [1.82, 2.24) is 20.5 Å². The number of H-pyrrole nitrogens is 1. The first-order valence-corrected chi connectivity index (χ1v) is 8.13. The monoisotopic (exact) mass is 336 g/mol. The molecule has 2 unspecified atom stereocenters. The molecule has 3 N–H and O–H groups in total. The van der Waals surface area contributed by atoms with E-state index in [0.29, 0.717) is 17.8 Å². The molecule has 0 radical (unpaired) electrons. The molecule has 0 spiro atoms. The van der Waals surface area contributed by atoms with Crippen LogP contribution in [-0.2, 0) is 0 Å². The minimum absolute atomic E-state index is 0.170. The minimum Gasteiger partial charge on any atom is -0.388 e. The van der Waals surface area contributed by atoms with Crippen LogP contribution in [0.25, 0.3) is 11.4 Å². The number of nitrogens with one attached hydrogen (secondary N) is 2. The standard InChI is InChI=1S/C19H20N4O2/c1-13(10-17(24)14-6-3-2-4-7-14)22-19(25)16-9-5-8-15(11-16)18-20-12-21-23-18/h2-9,11-13,17,24H,10H2,1H3,(H,22,25)(H,20,21,23). The van der Waals surface area contributed by atoms with Crippen molar-refractivity contribution in [3.05, 3.63) is 72.1 Å². The number of rotatable bonds is 6. The number of amides is 1. The van der Waals surface area contributed by atoms with Gasteiger partial charge in [0.25, 0.3) is 5.91 Å². The summed E-state index contributed by atoms with van der Waals surface area (Å²) in [6.07, 6.45) is 1.25. The summed E-state index contributed by atoms with van der Waals surface area (Å²) >= 11 is 0. The molecule has 0 aliphatic heterocycles. The van der Waals surface area contributed by atoms with E-state index in [1.165, 1.54) is 6.33 Å². The first kappa shape index (κ1) is 16.9. The van der Waals surface area contributed by atoms with Gasteiger partial charge in [-0.15, -0.1) is 0 Å². The molecular weight excluding hydrogens is 316 g/mol. The lowest BCUT2D eigenvalue weighted by atomic mass is 10.0. The smallest absolute Gasteiger partial charge is 0.251 e. The van der Waals surface area contributed by atoms with Gasteiger partial charge in [-0.2, -0.15) is 5.10 Å². The number of aromatic nitrogens is 3. The largest absolute Gasteiger partial charge is 0.388 e. The molecular formula is C19H20N4O2. The fourth-order valence-corrected chi connectivity index (χ4v) is 2.66. The molecule has 1 aromatic heterocycles. The summed E-state index contributed by atoms with van der Waals surface area (Å²) in [5.74, 6) is 0.427. The zero-order chi connectivity index (χ0) is 17.6. The van der Waals surface area contributed by atoms with Crippen molar-refractivity contribution >= 4 is 5.91 Å². The number of benzene rings is 2. The van der Waals surface area contributed by atoms with E-state index in [0.717, 1.165) is 11.1 Å². The molecule has 25 heavy (non-hydrogen) atoms. The van der Waals surface area contributed by atoms with Crippen molar-refractivity contribution in [3.8, 4) is 11.4 Å². The van der Waals surface area contributed by atoms with Gasteiger partial charge in [-0.05, 0) is 31.0 Å². The molecule has 0 fully saturated rings. The lowest BCUT2D eigenvalue weighted by Crippen LogP contribution is -2.33. The second-order valence-corrected chi connectivity index (χ2v) is 5.95. The maximum atomic E-state index is 12.5. The summed E-state index contributed by atoms with van der Waals surface area (Å²) in [6, 6.07) is 16.4. The van der Waals surface area contributed by atoms with Gasteiger partial charge in [0.1, 0.15) is 6.33 Å². The van der Waals surface area contributed by atoms with Crippen LogP contribution < -0.4 is 5.32 Å². The highest BCUT2D eigenvalue weighted by atomic mass is 16.3. The third-order valence-corrected chi connectivity index (χ3v) is 3.95. The van der Waals surface area contributed by atoms with Gasteiger partial charge in [0.2, 0.25) is 0 Å². The lowest BCUT2D eigenvalue weighted by molar-refractivity contribution is 0.0917. The van der Waals surface area contributed by atoms with Gasteiger partial charge in [-0.3, -0.25) is 9.89 Å². The lowest BCUT2D eigenvalue weighted by Gasteiger charge is -2.18. The highest BCUT2D eigenvalue weighted by molar-refractivity contribution is 5.95. The first-order valence-electron chi connectivity index (χ1n) is 8.13. The summed E-state index contributed by atoms with van der Waals surface area (Å²) in [6.45, 7) is 1.88. The summed E-state index contributed by atoms with van der Waals surface area (Å²) in [5.41, 5.74) is 2.17. The van der Waals surface area contributed by atoms with E-state index in [9.17, 15) is 9.90 Å². The molecule has 1 heterocycles. The predicted octanol–water partition coefficient (Wildman–Crippen LogP) is 2.71. The van der Waals surface area contributed by atoms with Crippen molar-refractivity contribution in [1.29, 1.82) is 0 Å². The number of hydrogen-bond donors (Lipinski definition) is 3. The second kappa shape index (κ2) is 7.72. The number of carbonyl (C=O) groups excluding carboxylic acids is 1. The van der Waals surface area contributed by atoms with Crippen LogP contribution in [0.1, 0.15) is 35.4 Å². The third-order valence-electron chi connectivity index (χ3n) is 3.95. The Hall–Kier alpha value is -2.99. The predicted molar refractivity (Wildman–Crippen MR) is 94.8 cm³/mol. The number of aliphatic hydroxyl groups is 1. The Labute approximate surface area is 145 Å². The summed E-state index contributed by atoms with van der Waals surface area (Å²) in [4.78, 5) is 16.5. The average Bonchev–Trinajstić information content (AvgIpc) is 3.17. The van der Waals surface area contributed by atoms with Crippen molar-refractivity contribution in [2.75, 3.05) is 0 Å². The molecule has 1 amide bonds. The molecule has 0 saturated carbocycles. The Bertz CT molecular complexity index is 818. The van der Waals surface area contributed by atoms with Crippen molar-refractivity contribution in [3.63, 3.8) is 0 Å². The molecule has 0 saturated heterocycles. The Morgan fingerprint density at radius 1 is 1.20 bits per heavy atom. The van der Waals surface area contributed by atoms with Gasteiger partial charge < -0.3 is 10.4 Å². The van der Waals surface area contributed by atoms with Gasteiger partial charge >= 0.3 is 0 Å². The minimum atomic E-state index is -0.614. The molecule has 6 nitrogen and oxygen atoms in total. The van der Waals surface area contributed by atoms with Crippen LogP contribution in [0, 0.1) is 0 Å². The van der Waals surface area contributed by atoms with E-state index in [-0.39, 0.29) is 11.9 Å².